The van der Waals surface area contributed by atoms with Crippen molar-refractivity contribution in [3.63, 3.8) is 0 Å². The fraction of sp³-hybridized carbons (Fsp3) is 0.900. The molecule has 0 bridgehead atoms. The summed E-state index contributed by atoms with van der Waals surface area (Å²) in [5.41, 5.74) is 0. The van der Waals surface area contributed by atoms with Crippen LogP contribution in [0.1, 0.15) is 39.0 Å². The Morgan fingerprint density at radius 3 is 2.85 bits per heavy atom. The molecule has 13 heavy (non-hydrogen) atoms. The first-order chi connectivity index (χ1) is 6.25. The molecule has 1 atom stereocenters. The molecule has 0 spiro atoms. The third-order valence-electron chi connectivity index (χ3n) is 2.66. The van der Waals surface area contributed by atoms with Crippen LogP contribution >= 0.6 is 0 Å². The maximum atomic E-state index is 11.0. The minimum absolute atomic E-state index is 0.220. The maximum Gasteiger partial charge on any atom is 0.320 e. The molecule has 1 unspecified atom stereocenters. The summed E-state index contributed by atoms with van der Waals surface area (Å²) in [5, 5.41) is 9.02. The van der Waals surface area contributed by atoms with E-state index in [1.54, 1.807) is 0 Å². The second-order valence-electron chi connectivity index (χ2n) is 3.74. The Morgan fingerprint density at radius 2 is 2.23 bits per heavy atom. The fourth-order valence-electron chi connectivity index (χ4n) is 2.00. The summed E-state index contributed by atoms with van der Waals surface area (Å²) < 4.78 is 0. The van der Waals surface area contributed by atoms with E-state index < -0.39 is 5.97 Å². The van der Waals surface area contributed by atoms with E-state index in [0.717, 1.165) is 38.8 Å². The molecule has 0 amide bonds. The van der Waals surface area contributed by atoms with E-state index in [-0.39, 0.29) is 6.04 Å². The van der Waals surface area contributed by atoms with Gasteiger partial charge in [-0.05, 0) is 32.4 Å². The van der Waals surface area contributed by atoms with Crippen molar-refractivity contribution in [1.29, 1.82) is 0 Å². The highest BCUT2D eigenvalue weighted by molar-refractivity contribution is 5.73. The number of likely N-dealkylation sites (tertiary alicyclic amines) is 1. The number of aliphatic carboxylic acids is 1. The van der Waals surface area contributed by atoms with Gasteiger partial charge in [-0.2, -0.15) is 0 Å². The summed E-state index contributed by atoms with van der Waals surface area (Å²) in [6.07, 6.45) is 5.28. The van der Waals surface area contributed by atoms with E-state index in [9.17, 15) is 4.79 Å². The lowest BCUT2D eigenvalue weighted by Gasteiger charge is -2.25. The number of carboxylic acid groups (broad SMARTS) is 1. The lowest BCUT2D eigenvalue weighted by Crippen LogP contribution is -2.41. The molecule has 1 saturated heterocycles. The number of nitrogens with zero attached hydrogens (tertiary/aromatic N) is 1. The van der Waals surface area contributed by atoms with Crippen molar-refractivity contribution in [2.75, 3.05) is 13.1 Å². The maximum absolute atomic E-state index is 11.0. The Hall–Kier alpha value is -0.570. The molecular formula is C10H19NO2. The molecular weight excluding hydrogens is 166 g/mol. The van der Waals surface area contributed by atoms with E-state index in [4.69, 9.17) is 5.11 Å². The van der Waals surface area contributed by atoms with Crippen LogP contribution in [-0.4, -0.2) is 35.1 Å². The minimum Gasteiger partial charge on any atom is -0.480 e. The first kappa shape index (κ1) is 10.5. The average molecular weight is 185 g/mol. The molecule has 3 heteroatoms. The van der Waals surface area contributed by atoms with E-state index >= 15 is 0 Å². The van der Waals surface area contributed by atoms with Crippen LogP contribution in [0.5, 0.6) is 0 Å². The van der Waals surface area contributed by atoms with Crippen LogP contribution in [0.2, 0.25) is 0 Å². The Morgan fingerprint density at radius 1 is 1.46 bits per heavy atom. The van der Waals surface area contributed by atoms with Gasteiger partial charge in [0.05, 0.1) is 0 Å². The third kappa shape index (κ3) is 2.99. The van der Waals surface area contributed by atoms with Crippen molar-refractivity contribution in [2.45, 2.75) is 45.1 Å². The Balaban J connectivity index is 2.55. The zero-order valence-corrected chi connectivity index (χ0v) is 8.33. The Kier molecular flexibility index (Phi) is 4.22. The van der Waals surface area contributed by atoms with E-state index in [2.05, 4.69) is 11.8 Å². The largest absolute Gasteiger partial charge is 0.480 e. The van der Waals surface area contributed by atoms with Crippen LogP contribution in [0.4, 0.5) is 0 Å². The predicted molar refractivity (Wildman–Crippen MR) is 51.8 cm³/mol. The molecule has 0 saturated carbocycles. The molecule has 0 aromatic rings. The highest BCUT2D eigenvalue weighted by Gasteiger charge is 2.25. The van der Waals surface area contributed by atoms with Gasteiger partial charge in [0.15, 0.2) is 0 Å². The molecule has 0 aliphatic carbocycles. The first-order valence-corrected chi connectivity index (χ1v) is 5.22. The lowest BCUT2D eigenvalue weighted by atomic mass is 10.1. The van der Waals surface area contributed by atoms with Gasteiger partial charge >= 0.3 is 5.97 Å². The second-order valence-corrected chi connectivity index (χ2v) is 3.74. The summed E-state index contributed by atoms with van der Waals surface area (Å²) in [6, 6.07) is -0.220. The van der Waals surface area contributed by atoms with Gasteiger partial charge in [0.2, 0.25) is 0 Å². The third-order valence-corrected chi connectivity index (χ3v) is 2.66. The van der Waals surface area contributed by atoms with Crippen molar-refractivity contribution < 1.29 is 9.90 Å². The first-order valence-electron chi connectivity index (χ1n) is 5.22. The molecule has 1 aliphatic heterocycles. The number of carbonyl (C=O) groups is 1. The molecule has 3 nitrogen and oxygen atoms in total. The number of rotatable bonds is 3. The van der Waals surface area contributed by atoms with E-state index in [1.807, 2.05) is 0 Å². The van der Waals surface area contributed by atoms with Gasteiger partial charge < -0.3 is 5.11 Å². The van der Waals surface area contributed by atoms with Crippen molar-refractivity contribution in [3.05, 3.63) is 0 Å². The topological polar surface area (TPSA) is 40.5 Å². The van der Waals surface area contributed by atoms with Crippen molar-refractivity contribution in [2.24, 2.45) is 0 Å². The molecule has 0 aromatic heterocycles. The molecule has 1 rings (SSSR count). The summed E-state index contributed by atoms with van der Waals surface area (Å²) >= 11 is 0. The van der Waals surface area contributed by atoms with Gasteiger partial charge in [-0.15, -0.1) is 0 Å². The minimum atomic E-state index is -0.643. The molecule has 1 aliphatic rings. The van der Waals surface area contributed by atoms with Crippen LogP contribution in [0.3, 0.4) is 0 Å². The molecule has 1 N–H and O–H groups in total. The van der Waals surface area contributed by atoms with Crippen LogP contribution in [0, 0.1) is 0 Å². The van der Waals surface area contributed by atoms with Crippen molar-refractivity contribution in [3.8, 4) is 0 Å². The molecule has 1 heterocycles. The summed E-state index contributed by atoms with van der Waals surface area (Å²) in [5.74, 6) is -0.643. The van der Waals surface area contributed by atoms with E-state index in [0.29, 0.717) is 0 Å². The zero-order valence-electron chi connectivity index (χ0n) is 8.33. The van der Waals surface area contributed by atoms with Gasteiger partial charge in [-0.3, -0.25) is 9.69 Å². The van der Waals surface area contributed by atoms with Gasteiger partial charge in [-0.1, -0.05) is 19.8 Å². The smallest absolute Gasteiger partial charge is 0.320 e. The summed E-state index contributed by atoms with van der Waals surface area (Å²) in [6.45, 7) is 3.99. The molecule has 0 aromatic carbocycles. The monoisotopic (exact) mass is 185 g/mol. The number of hydrogen-bond acceptors (Lipinski definition) is 2. The van der Waals surface area contributed by atoms with Crippen molar-refractivity contribution in [1.82, 2.24) is 4.90 Å². The SMILES string of the molecule is CCCN1CCCCCC1C(=O)O. The lowest BCUT2D eigenvalue weighted by molar-refractivity contribution is -0.143. The number of hydrogen-bond donors (Lipinski definition) is 1. The standard InChI is InChI=1S/C10H19NO2/c1-2-7-11-8-5-3-4-6-9(11)10(12)13/h9H,2-8H2,1H3,(H,12,13). The van der Waals surface area contributed by atoms with Crippen molar-refractivity contribution >= 4 is 5.97 Å². The highest BCUT2D eigenvalue weighted by atomic mass is 16.4. The van der Waals surface area contributed by atoms with Crippen LogP contribution in [0.15, 0.2) is 0 Å². The van der Waals surface area contributed by atoms with Crippen LogP contribution < -0.4 is 0 Å². The summed E-state index contributed by atoms with van der Waals surface area (Å²) in [4.78, 5) is 13.1. The predicted octanol–water partition coefficient (Wildman–Crippen LogP) is 1.73. The van der Waals surface area contributed by atoms with Crippen LogP contribution in [-0.2, 0) is 4.79 Å². The average Bonchev–Trinajstić information content (AvgIpc) is 2.30. The summed E-state index contributed by atoms with van der Waals surface area (Å²) in [7, 11) is 0. The highest BCUT2D eigenvalue weighted by Crippen LogP contribution is 2.16. The Labute approximate surface area is 79.7 Å². The van der Waals surface area contributed by atoms with Gasteiger partial charge in [0.1, 0.15) is 6.04 Å². The molecule has 1 fully saturated rings. The van der Waals surface area contributed by atoms with Gasteiger partial charge in [-0.25, -0.2) is 0 Å². The number of carboxylic acids is 1. The molecule has 76 valence electrons. The normalized spacial score (nSPS) is 25.5. The molecule has 0 radical (unpaired) electrons. The van der Waals surface area contributed by atoms with Gasteiger partial charge in [0.25, 0.3) is 0 Å². The fourth-order valence-corrected chi connectivity index (χ4v) is 2.00. The van der Waals surface area contributed by atoms with Gasteiger partial charge in [0, 0.05) is 0 Å². The quantitative estimate of drug-likeness (QED) is 0.728. The second kappa shape index (κ2) is 5.22. The Bertz CT molecular complexity index is 170. The van der Waals surface area contributed by atoms with Crippen LogP contribution in [0.25, 0.3) is 0 Å². The van der Waals surface area contributed by atoms with E-state index in [1.165, 1.54) is 6.42 Å². The zero-order chi connectivity index (χ0) is 9.68.